The summed E-state index contributed by atoms with van der Waals surface area (Å²) in [4.78, 5) is 124. The molecule has 9 aromatic heterocycles. The van der Waals surface area contributed by atoms with Gasteiger partial charge in [-0.25, -0.2) is 39.9 Å². The first-order chi connectivity index (χ1) is 51.5. The third kappa shape index (κ3) is 15.4. The zero-order chi connectivity index (χ0) is 74.1. The molecule has 15 rings (SSSR count). The smallest absolute Gasteiger partial charge is 0.299 e. The number of fused-ring (bicyclic) bond motifs is 3. The van der Waals surface area contributed by atoms with Crippen molar-refractivity contribution in [2.75, 3.05) is 89.0 Å². The highest BCUT2D eigenvalue weighted by atomic mass is 32.1. The largest absolute Gasteiger partial charge is 0.382 e. The van der Waals surface area contributed by atoms with Crippen LogP contribution in [0.15, 0.2) is 184 Å². The summed E-state index contributed by atoms with van der Waals surface area (Å²) in [7, 11) is 0. The average molecular weight is 1450 g/mol. The minimum atomic E-state index is -0.280. The minimum Gasteiger partial charge on any atom is -0.382 e. The van der Waals surface area contributed by atoms with Crippen LogP contribution in [0, 0.1) is 37.5 Å². The summed E-state index contributed by atoms with van der Waals surface area (Å²) in [5, 5.41) is 8.49. The van der Waals surface area contributed by atoms with Crippen LogP contribution in [0.2, 0.25) is 0 Å². The van der Waals surface area contributed by atoms with Gasteiger partial charge in [-0.15, -0.1) is 0 Å². The van der Waals surface area contributed by atoms with E-state index in [2.05, 4.69) is 76.1 Å². The highest BCUT2D eigenvalue weighted by molar-refractivity contribution is 7.59. The maximum atomic E-state index is 12.8. The monoisotopic (exact) mass is 1450 g/mol. The van der Waals surface area contributed by atoms with Crippen LogP contribution in [0.4, 0.5) is 46.7 Å². The van der Waals surface area contributed by atoms with Crippen LogP contribution in [-0.4, -0.2) is 154 Å². The van der Waals surface area contributed by atoms with Crippen molar-refractivity contribution in [3.63, 3.8) is 0 Å². The number of nitrogens with one attached hydrogen (secondary N) is 3. The van der Waals surface area contributed by atoms with Crippen molar-refractivity contribution in [2.45, 2.75) is 46.6 Å². The molecule has 0 spiro atoms. The van der Waals surface area contributed by atoms with Crippen molar-refractivity contribution in [3.8, 4) is 57.5 Å². The molecular weight excluding hydrogens is 1380 g/mol. The first-order valence-corrected chi connectivity index (χ1v) is 33.7. The van der Waals surface area contributed by atoms with Gasteiger partial charge in [0, 0.05) is 122 Å². The molecule has 12 heterocycles. The number of benzene rings is 3. The summed E-state index contributed by atoms with van der Waals surface area (Å²) < 4.78 is 5.68. The normalized spacial score (nSPS) is 13.6. The van der Waals surface area contributed by atoms with Crippen LogP contribution in [0.1, 0.15) is 80.9 Å². The van der Waals surface area contributed by atoms with Crippen LogP contribution in [-0.2, 0) is 14.4 Å². The number of hydrogen-bond acceptors (Lipinski definition) is 20. The Hall–Kier alpha value is -14.0. The molecule has 3 aliphatic rings. The maximum Gasteiger partial charge on any atom is 0.299 e. The molecule has 538 valence electrons. The molecule has 3 fully saturated rings. The molecule has 0 bridgehead atoms. The average Bonchev–Trinajstić information content (AvgIpc) is 1.61. The fourth-order valence-corrected chi connectivity index (χ4v) is 12.8. The van der Waals surface area contributed by atoms with Crippen molar-refractivity contribution in [1.29, 1.82) is 0 Å². The van der Waals surface area contributed by atoms with E-state index in [0.29, 0.717) is 143 Å². The van der Waals surface area contributed by atoms with E-state index in [1.54, 1.807) is 145 Å². The van der Waals surface area contributed by atoms with Gasteiger partial charge in [-0.3, -0.25) is 47.0 Å². The van der Waals surface area contributed by atoms with Crippen LogP contribution < -0.4 is 43.0 Å². The Morgan fingerprint density at radius 2 is 1.01 bits per heavy atom. The zero-order valence-electron chi connectivity index (χ0n) is 58.7. The molecule has 0 aliphatic carbocycles. The summed E-state index contributed by atoms with van der Waals surface area (Å²) in [6, 6.07) is 34.0. The number of pyridine rings is 3. The van der Waals surface area contributed by atoms with Crippen LogP contribution >= 0.6 is 13.5 Å². The molecule has 3 saturated heterocycles. The molecule has 9 N–H and O–H groups in total. The number of anilines is 8. The van der Waals surface area contributed by atoms with Gasteiger partial charge in [-0.1, -0.05) is 60.9 Å². The highest BCUT2D eigenvalue weighted by Gasteiger charge is 2.35. The summed E-state index contributed by atoms with van der Waals surface area (Å²) in [6.07, 6.45) is 18.1. The number of aromatic nitrogens is 12. The number of imidazole rings is 3. The summed E-state index contributed by atoms with van der Waals surface area (Å²) >= 11 is 0. The van der Waals surface area contributed by atoms with Crippen LogP contribution in [0.3, 0.4) is 0 Å². The number of nitrogen functional groups attached to an aromatic ring is 3. The van der Waals surface area contributed by atoms with Crippen LogP contribution in [0.25, 0.3) is 50.3 Å². The van der Waals surface area contributed by atoms with Gasteiger partial charge in [0.1, 0.15) is 74.2 Å². The van der Waals surface area contributed by atoms with Crippen molar-refractivity contribution in [1.82, 2.24) is 72.8 Å². The summed E-state index contributed by atoms with van der Waals surface area (Å²) in [6.45, 7) is 14.5. The Bertz CT molecular complexity index is 5540. The molecule has 1 atom stereocenters. The van der Waals surface area contributed by atoms with Gasteiger partial charge in [0.05, 0.1) is 19.4 Å². The molecule has 30 heteroatoms. The molecule has 3 aromatic carbocycles. The second kappa shape index (κ2) is 32.1. The second-order valence-electron chi connectivity index (χ2n) is 24.7. The van der Waals surface area contributed by atoms with Gasteiger partial charge in [-0.05, 0) is 142 Å². The summed E-state index contributed by atoms with van der Waals surface area (Å²) in [5.74, 6) is 13.2. The topological polar surface area (TPSA) is 362 Å². The molecule has 0 saturated carbocycles. The lowest BCUT2D eigenvalue weighted by Crippen LogP contribution is -2.30. The first kappa shape index (κ1) is 72.8. The predicted molar refractivity (Wildman–Crippen MR) is 414 cm³/mol. The number of nitrogens with zero attached hydrogens (tertiary/aromatic N) is 17. The quantitative estimate of drug-likeness (QED) is 0.0464. The van der Waals surface area contributed by atoms with Crippen molar-refractivity contribution < 1.29 is 28.8 Å². The third-order valence-corrected chi connectivity index (χ3v) is 17.9. The molecule has 6 amide bonds. The van der Waals surface area contributed by atoms with Gasteiger partial charge in [0.2, 0.25) is 17.8 Å². The lowest BCUT2D eigenvalue weighted by molar-refractivity contribution is -0.127. The van der Waals surface area contributed by atoms with Crippen molar-refractivity contribution in [2.24, 2.45) is 0 Å². The minimum absolute atomic E-state index is 0. The standard InChI is InChI=1S/C26H24N8O2.C26H25N7O2.C25H22N8O2.H2S/c1-3-6-21(35)32-13-14-33(16-32)26-31-22(23-24(27)29-11-12-34(23)26)18-8-9-19(17(2)15-18)25(36)30-20-7-4-5-10-28-20;1-3-21(34)32-13-6-8-20(32)25-31-22(23-24(27)29-12-14-33(23)25)17-9-10-18(16(2)15-17)30-26(35)19-7-4-5-11-28-19;1-2-5-20(34)31-14-15-32(16-31)25-30-21(22-23(26)28-12-13-33(22)25)17-7-9-18(10-8-17)24(35)29-19-6-3-4-11-27-19;/h4-5,7-12,15H,13-14,16H2,1-2H3,(H2,27,29)(H,28,30,36);3-5,7,9-12,14-15,20H,1,6,8,13H2,2H3,(H2,27,29)(H,30,35);3-4,6-13H,14-16H2,1H3,(H2,26,28)(H,27,29,35);1H2/t;20-;;/m.0../s1. The van der Waals surface area contributed by atoms with Gasteiger partial charge in [0.25, 0.3) is 29.5 Å². The Kier molecular flexibility index (Phi) is 21.8. The van der Waals surface area contributed by atoms with Gasteiger partial charge in [0.15, 0.2) is 0 Å². The molecule has 0 unspecified atom stereocenters. The van der Waals surface area contributed by atoms with E-state index in [1.807, 2.05) is 91.6 Å². The van der Waals surface area contributed by atoms with Crippen molar-refractivity contribution in [3.05, 3.63) is 217 Å². The Morgan fingerprint density at radius 3 is 1.52 bits per heavy atom. The highest BCUT2D eigenvalue weighted by Crippen LogP contribution is 2.39. The number of hydrogen-bond donors (Lipinski definition) is 6. The van der Waals surface area contributed by atoms with E-state index in [9.17, 15) is 28.8 Å². The van der Waals surface area contributed by atoms with E-state index in [0.717, 1.165) is 46.5 Å². The van der Waals surface area contributed by atoms with E-state index in [4.69, 9.17) is 32.2 Å². The summed E-state index contributed by atoms with van der Waals surface area (Å²) in [5.41, 5.74) is 28.9. The van der Waals surface area contributed by atoms with E-state index in [1.165, 1.54) is 6.08 Å². The van der Waals surface area contributed by atoms with Gasteiger partial charge in [-0.2, -0.15) is 13.5 Å². The van der Waals surface area contributed by atoms with Gasteiger partial charge >= 0.3 is 0 Å². The molecule has 107 heavy (non-hydrogen) atoms. The number of carbonyl (C=O) groups is 6. The van der Waals surface area contributed by atoms with Crippen LogP contribution in [0.5, 0.6) is 0 Å². The molecular formula is C77H73N23O6S. The van der Waals surface area contributed by atoms with E-state index >= 15 is 0 Å². The van der Waals surface area contributed by atoms with E-state index in [-0.39, 0.29) is 55.0 Å². The Labute approximate surface area is 621 Å². The molecule has 0 radical (unpaired) electrons. The predicted octanol–water partition coefficient (Wildman–Crippen LogP) is 8.72. The second-order valence-corrected chi connectivity index (χ2v) is 24.7. The zero-order valence-corrected chi connectivity index (χ0v) is 59.7. The van der Waals surface area contributed by atoms with Gasteiger partial charge < -0.3 is 57.7 Å². The fourth-order valence-electron chi connectivity index (χ4n) is 12.8. The number of nitrogens with two attached hydrogens (primary N) is 3. The first-order valence-electron chi connectivity index (χ1n) is 33.7. The Morgan fingerprint density at radius 1 is 0.514 bits per heavy atom. The molecule has 3 aliphatic heterocycles. The molecule has 29 nitrogen and oxygen atoms in total. The number of likely N-dealkylation sites (tertiary alicyclic amines) is 1. The SMILES string of the molecule is C=CC(=O)N1CCC[C@H]1c1nc(-c2ccc(NC(=O)c3ccccn3)c(C)c2)c2c(N)nccn12.CC#CC(=O)N1CCN(c2nc(-c3ccc(C(=O)Nc4ccccn4)c(C)c3)c3c(N)nccn23)C1.CC#CC(=O)N1CCN(c2nc(-c3ccc(C(=O)Nc4ccccn4)cc3)c3c(N)nccn23)C1.S. The number of amides is 6. The third-order valence-electron chi connectivity index (χ3n) is 17.9. The Balaban J connectivity index is 0.000000149. The number of rotatable bonds is 13. The lowest BCUT2D eigenvalue weighted by Gasteiger charge is -2.22. The van der Waals surface area contributed by atoms with E-state index < -0.39 is 0 Å². The number of aryl methyl sites for hydroxylation is 2. The fraction of sp³-hybridized carbons (Fsp3) is 0.182. The van der Waals surface area contributed by atoms with Crippen molar-refractivity contribution >= 4 is 112 Å². The molecule has 12 aromatic rings. The number of carbonyl (C=O) groups excluding carboxylic acids is 6. The lowest BCUT2D eigenvalue weighted by atomic mass is 10.0. The maximum absolute atomic E-state index is 12.8.